The van der Waals surface area contributed by atoms with Crippen LogP contribution in [-0.4, -0.2) is 35.8 Å². The minimum atomic E-state index is -3.41. The number of alkyl halides is 1. The molecule has 94 valence electrons. The van der Waals surface area contributed by atoms with Crippen LogP contribution < -0.4 is 0 Å². The highest BCUT2D eigenvalue weighted by Crippen LogP contribution is 2.35. The molecule has 0 N–H and O–H groups in total. The molecule has 0 saturated carbocycles. The third-order valence-electron chi connectivity index (χ3n) is 3.10. The molecule has 0 aliphatic carbocycles. The summed E-state index contributed by atoms with van der Waals surface area (Å²) in [6.45, 7) is 5.18. The second kappa shape index (κ2) is 4.53. The highest BCUT2D eigenvalue weighted by molar-refractivity contribution is 7.94. The van der Waals surface area contributed by atoms with E-state index in [0.717, 1.165) is 10.7 Å². The average Bonchev–Trinajstić information content (AvgIpc) is 2.17. The first-order chi connectivity index (χ1) is 7.25. The largest absolute Gasteiger partial charge is 0.272 e. The topological polar surface area (TPSA) is 54.5 Å². The van der Waals surface area contributed by atoms with Crippen molar-refractivity contribution in [1.82, 2.24) is 4.31 Å². The zero-order valence-corrected chi connectivity index (χ0v) is 11.4. The molecule has 0 bridgehead atoms. The van der Waals surface area contributed by atoms with Crippen LogP contribution in [0.15, 0.2) is 0 Å². The summed E-state index contributed by atoms with van der Waals surface area (Å²) in [5.74, 6) is 0.600. The molecule has 1 heterocycles. The molecule has 1 atom stereocenters. The van der Waals surface area contributed by atoms with Crippen LogP contribution in [0.1, 0.15) is 33.6 Å². The Kier molecular flexibility index (Phi) is 3.90. The molecule has 6 heteroatoms. The maximum atomic E-state index is 11.7. The number of hydrogen-bond acceptors (Lipinski definition) is 3. The fourth-order valence-electron chi connectivity index (χ4n) is 1.65. The molecule has 4 nitrogen and oxygen atoms in total. The molecule has 1 aliphatic rings. The Morgan fingerprint density at radius 3 is 2.38 bits per heavy atom. The van der Waals surface area contributed by atoms with Gasteiger partial charge < -0.3 is 0 Å². The maximum absolute atomic E-state index is 11.7. The van der Waals surface area contributed by atoms with Crippen molar-refractivity contribution in [1.29, 1.82) is 0 Å². The molecule has 0 aromatic rings. The van der Waals surface area contributed by atoms with Gasteiger partial charge in [0.1, 0.15) is 0 Å². The summed E-state index contributed by atoms with van der Waals surface area (Å²) >= 11 is 5.59. The van der Waals surface area contributed by atoms with Crippen molar-refractivity contribution in [3.05, 3.63) is 0 Å². The minimum absolute atomic E-state index is 0.280. The monoisotopic (exact) mass is 267 g/mol. The van der Waals surface area contributed by atoms with E-state index in [4.69, 9.17) is 11.6 Å². The number of rotatable bonds is 5. The van der Waals surface area contributed by atoms with Crippen molar-refractivity contribution >= 4 is 27.5 Å². The predicted octanol–water partition coefficient (Wildman–Crippen LogP) is 1.59. The lowest BCUT2D eigenvalue weighted by Crippen LogP contribution is -2.67. The summed E-state index contributed by atoms with van der Waals surface area (Å²) in [6.07, 6.45) is 1.51. The smallest absolute Gasteiger partial charge is 0.258 e. The van der Waals surface area contributed by atoms with Gasteiger partial charge in [-0.3, -0.25) is 4.79 Å². The van der Waals surface area contributed by atoms with Gasteiger partial charge in [0.15, 0.2) is 4.75 Å². The summed E-state index contributed by atoms with van der Waals surface area (Å²) in [5.41, 5.74) is 0. The lowest BCUT2D eigenvalue weighted by atomic mass is 10.1. The fourth-order valence-corrected chi connectivity index (χ4v) is 3.56. The molecule has 16 heavy (non-hydrogen) atoms. The van der Waals surface area contributed by atoms with Crippen LogP contribution >= 0.6 is 11.6 Å². The minimum Gasteiger partial charge on any atom is -0.272 e. The summed E-state index contributed by atoms with van der Waals surface area (Å²) in [4.78, 5) is 11.6. The first-order valence-electron chi connectivity index (χ1n) is 5.38. The van der Waals surface area contributed by atoms with Crippen LogP contribution in [0.4, 0.5) is 0 Å². The Morgan fingerprint density at radius 1 is 1.38 bits per heavy atom. The number of sulfonamides is 1. The zero-order valence-electron chi connectivity index (χ0n) is 9.86. The van der Waals surface area contributed by atoms with Gasteiger partial charge in [-0.25, -0.2) is 12.7 Å². The third-order valence-corrected chi connectivity index (χ3v) is 5.71. The van der Waals surface area contributed by atoms with E-state index in [1.807, 2.05) is 6.92 Å². The van der Waals surface area contributed by atoms with Crippen molar-refractivity contribution in [2.75, 3.05) is 12.4 Å². The van der Waals surface area contributed by atoms with Gasteiger partial charge in [0.2, 0.25) is 0 Å². The Balaban J connectivity index is 2.56. The predicted molar refractivity (Wildman–Crippen MR) is 63.8 cm³/mol. The second-order valence-corrected chi connectivity index (χ2v) is 7.55. The lowest BCUT2D eigenvalue weighted by Gasteiger charge is -2.43. The Bertz CT molecular complexity index is 378. The maximum Gasteiger partial charge on any atom is 0.258 e. The van der Waals surface area contributed by atoms with Gasteiger partial charge in [-0.15, -0.1) is 11.6 Å². The highest BCUT2D eigenvalue weighted by Gasteiger charge is 2.59. The van der Waals surface area contributed by atoms with E-state index in [0.29, 0.717) is 18.2 Å². The molecular weight excluding hydrogens is 250 g/mol. The molecule has 1 amide bonds. The van der Waals surface area contributed by atoms with Gasteiger partial charge in [0.25, 0.3) is 15.9 Å². The van der Waals surface area contributed by atoms with E-state index in [1.165, 1.54) is 13.8 Å². The second-order valence-electron chi connectivity index (χ2n) is 4.76. The van der Waals surface area contributed by atoms with E-state index in [1.54, 1.807) is 0 Å². The van der Waals surface area contributed by atoms with Gasteiger partial charge in [0.05, 0.1) is 0 Å². The SMILES string of the molecule is CC(CCCl)CCN1C(=O)C(C)(C)S1(=O)=O. The Hall–Kier alpha value is -0.290. The highest BCUT2D eigenvalue weighted by atomic mass is 35.5. The van der Waals surface area contributed by atoms with Crippen molar-refractivity contribution in [3.63, 3.8) is 0 Å². The van der Waals surface area contributed by atoms with Gasteiger partial charge in [-0.2, -0.15) is 0 Å². The van der Waals surface area contributed by atoms with Crippen LogP contribution in [0.25, 0.3) is 0 Å². The van der Waals surface area contributed by atoms with Crippen molar-refractivity contribution in [2.45, 2.75) is 38.4 Å². The van der Waals surface area contributed by atoms with Crippen LogP contribution in [0.2, 0.25) is 0 Å². The summed E-state index contributed by atoms with van der Waals surface area (Å²) in [6, 6.07) is 0. The molecule has 0 aromatic heterocycles. The quantitative estimate of drug-likeness (QED) is 0.711. The zero-order chi connectivity index (χ0) is 12.6. The number of carbonyl (C=O) groups is 1. The average molecular weight is 268 g/mol. The van der Waals surface area contributed by atoms with E-state index in [2.05, 4.69) is 0 Å². The van der Waals surface area contributed by atoms with E-state index in [-0.39, 0.29) is 12.5 Å². The summed E-state index contributed by atoms with van der Waals surface area (Å²) < 4.78 is 23.2. The summed E-state index contributed by atoms with van der Waals surface area (Å²) in [5, 5.41) is 0. The van der Waals surface area contributed by atoms with E-state index >= 15 is 0 Å². The van der Waals surface area contributed by atoms with E-state index in [9.17, 15) is 13.2 Å². The lowest BCUT2D eigenvalue weighted by molar-refractivity contribution is -0.132. The number of nitrogens with zero attached hydrogens (tertiary/aromatic N) is 1. The normalized spacial score (nSPS) is 24.0. The van der Waals surface area contributed by atoms with Gasteiger partial charge in [0, 0.05) is 12.4 Å². The first kappa shape index (κ1) is 13.8. The number of carbonyl (C=O) groups excluding carboxylic acids is 1. The molecule has 0 aromatic carbocycles. The van der Waals surface area contributed by atoms with Crippen LogP contribution in [-0.2, 0) is 14.8 Å². The van der Waals surface area contributed by atoms with Crippen LogP contribution in [0.5, 0.6) is 0 Å². The van der Waals surface area contributed by atoms with Crippen molar-refractivity contribution in [2.24, 2.45) is 5.92 Å². The summed E-state index contributed by atoms with van der Waals surface area (Å²) in [7, 11) is -3.41. The van der Waals surface area contributed by atoms with Crippen molar-refractivity contribution < 1.29 is 13.2 Å². The number of halogens is 1. The number of amides is 1. The van der Waals surface area contributed by atoms with Gasteiger partial charge >= 0.3 is 0 Å². The van der Waals surface area contributed by atoms with E-state index < -0.39 is 14.8 Å². The third kappa shape index (κ3) is 2.07. The Morgan fingerprint density at radius 2 is 1.94 bits per heavy atom. The van der Waals surface area contributed by atoms with Crippen LogP contribution in [0, 0.1) is 5.92 Å². The fraction of sp³-hybridized carbons (Fsp3) is 0.900. The molecule has 1 aliphatic heterocycles. The standard InChI is InChI=1S/C10H18ClNO3S/c1-8(4-6-11)5-7-12-9(13)10(2,3)16(12,14)15/h8H,4-7H2,1-3H3. The molecule has 0 spiro atoms. The molecule has 1 saturated heterocycles. The van der Waals surface area contributed by atoms with Crippen LogP contribution in [0.3, 0.4) is 0 Å². The van der Waals surface area contributed by atoms with Gasteiger partial charge in [-0.05, 0) is 32.6 Å². The first-order valence-corrected chi connectivity index (χ1v) is 7.35. The molecule has 1 rings (SSSR count). The molecule has 1 unspecified atom stereocenters. The number of hydrogen-bond donors (Lipinski definition) is 0. The Labute approximate surface area is 102 Å². The molecule has 1 fully saturated rings. The molecule has 0 radical (unpaired) electrons. The van der Waals surface area contributed by atoms with Crippen molar-refractivity contribution in [3.8, 4) is 0 Å². The van der Waals surface area contributed by atoms with Gasteiger partial charge in [-0.1, -0.05) is 6.92 Å². The molecular formula is C10H18ClNO3S.